The molecule has 0 bridgehead atoms. The molecule has 0 radical (unpaired) electrons. The molecule has 0 aromatic carbocycles. The van der Waals surface area contributed by atoms with Crippen LogP contribution in [0.3, 0.4) is 0 Å². The maximum absolute atomic E-state index is 11.8. The van der Waals surface area contributed by atoms with E-state index in [1.807, 2.05) is 6.07 Å². The zero-order valence-corrected chi connectivity index (χ0v) is 11.2. The van der Waals surface area contributed by atoms with Crippen molar-refractivity contribution < 1.29 is 18.7 Å². The molecule has 0 saturated carbocycles. The van der Waals surface area contributed by atoms with E-state index in [2.05, 4.69) is 9.79 Å². The summed E-state index contributed by atoms with van der Waals surface area (Å²) < 4.78 is 11.2. The first-order chi connectivity index (χ1) is 9.38. The van der Waals surface area contributed by atoms with Crippen LogP contribution < -0.4 is 16.0 Å². The molecule has 20 heavy (non-hydrogen) atoms. The van der Waals surface area contributed by atoms with Gasteiger partial charge in [0.2, 0.25) is 5.88 Å². The second kappa shape index (κ2) is 4.70. The molecule has 8 nitrogen and oxygen atoms in total. The quantitative estimate of drug-likeness (QED) is 0.699. The number of hydrogen-bond acceptors (Lipinski definition) is 6. The van der Waals surface area contributed by atoms with Gasteiger partial charge in [0.1, 0.15) is 23.3 Å². The average molecular weight is 277 g/mol. The van der Waals surface area contributed by atoms with E-state index in [9.17, 15) is 14.9 Å². The predicted octanol–water partition coefficient (Wildman–Crippen LogP) is -0.537. The van der Waals surface area contributed by atoms with Crippen LogP contribution in [-0.2, 0) is 16.6 Å². The third-order valence-electron chi connectivity index (χ3n) is 3.10. The number of nitrogens with zero attached hydrogens (tertiary/aromatic N) is 2. The number of nitrogens with two attached hydrogens (primary N) is 1. The number of ketones is 1. The number of H-pyrrole nitrogens is 1. The van der Waals surface area contributed by atoms with Gasteiger partial charge in [-0.25, -0.2) is 4.79 Å². The van der Waals surface area contributed by atoms with Gasteiger partial charge in [-0.1, -0.05) is 4.68 Å². The number of nitriles is 1. The standard InChI is InChI=1S/C12H12N4O4/c1-5(17)8-6(2)19-11(14)7(4-13)9(8)10-12(18)20-15-16(10)3/h9H,14H2,1-3H3/p+1. The molecule has 0 saturated heterocycles. The normalized spacial score (nSPS) is 18.8. The van der Waals surface area contributed by atoms with Crippen molar-refractivity contribution in [3.63, 3.8) is 0 Å². The average Bonchev–Trinajstić information content (AvgIpc) is 2.67. The summed E-state index contributed by atoms with van der Waals surface area (Å²) in [6, 6.07) is 1.89. The van der Waals surface area contributed by atoms with Crippen LogP contribution in [0.1, 0.15) is 25.5 Å². The smallest absolute Gasteiger partial charge is 0.430 e. The van der Waals surface area contributed by atoms with Crippen molar-refractivity contribution in [1.29, 1.82) is 5.26 Å². The zero-order valence-electron chi connectivity index (χ0n) is 11.2. The Balaban J connectivity index is 2.78. The first-order valence-corrected chi connectivity index (χ1v) is 5.75. The lowest BCUT2D eigenvalue weighted by Crippen LogP contribution is -2.41. The van der Waals surface area contributed by atoms with Gasteiger partial charge in [-0.2, -0.15) is 5.26 Å². The number of nitrogens with one attached hydrogen (secondary N) is 1. The zero-order chi connectivity index (χ0) is 15.0. The minimum atomic E-state index is -0.904. The minimum Gasteiger partial charge on any atom is -0.445 e. The van der Waals surface area contributed by atoms with Gasteiger partial charge in [-0.3, -0.25) is 9.32 Å². The van der Waals surface area contributed by atoms with Crippen LogP contribution in [0.15, 0.2) is 32.1 Å². The molecule has 104 valence electrons. The van der Waals surface area contributed by atoms with E-state index in [-0.39, 0.29) is 34.3 Å². The largest absolute Gasteiger partial charge is 0.445 e. The number of ether oxygens (including phenoxy) is 1. The molecule has 1 aliphatic heterocycles. The summed E-state index contributed by atoms with van der Waals surface area (Å²) >= 11 is 0. The van der Waals surface area contributed by atoms with Crippen LogP contribution in [0.25, 0.3) is 0 Å². The summed E-state index contributed by atoms with van der Waals surface area (Å²) in [7, 11) is 1.54. The predicted molar refractivity (Wildman–Crippen MR) is 64.5 cm³/mol. The number of hydrogen-bond donors (Lipinski definition) is 2. The Morgan fingerprint density at radius 3 is 2.65 bits per heavy atom. The molecule has 1 atom stereocenters. The van der Waals surface area contributed by atoms with Gasteiger partial charge in [0.05, 0.1) is 5.57 Å². The Kier molecular flexibility index (Phi) is 3.19. The van der Waals surface area contributed by atoms with Gasteiger partial charge < -0.3 is 10.5 Å². The summed E-state index contributed by atoms with van der Waals surface area (Å²) in [5, 5.41) is 11.6. The van der Waals surface area contributed by atoms with Gasteiger partial charge in [0.25, 0.3) is 0 Å². The highest BCUT2D eigenvalue weighted by atomic mass is 16.5. The number of carbonyl (C=O) groups is 1. The van der Waals surface area contributed by atoms with Crippen LogP contribution in [0, 0.1) is 11.3 Å². The molecule has 0 fully saturated rings. The fraction of sp³-hybridized carbons (Fsp3) is 0.333. The number of carbonyl (C=O) groups excluding carboxylic acids is 1. The van der Waals surface area contributed by atoms with Crippen molar-refractivity contribution in [2.75, 3.05) is 0 Å². The third kappa shape index (κ3) is 1.89. The monoisotopic (exact) mass is 277 g/mol. The summed E-state index contributed by atoms with van der Waals surface area (Å²) in [6.45, 7) is 2.89. The SMILES string of the molecule is CC(=O)C1=C(C)OC(N)=C(C#N)C1c1c(=O)o[nH][n+]1C. The van der Waals surface area contributed by atoms with Gasteiger partial charge in [0.15, 0.2) is 12.8 Å². The number of aryl methyl sites for hydroxylation is 1. The number of aromatic amines is 1. The molecule has 1 aromatic heterocycles. The number of Topliss-reactive ketones (excluding diaryl/α,β-unsaturated/α-hetero) is 1. The van der Waals surface area contributed by atoms with E-state index in [0.29, 0.717) is 0 Å². The number of aromatic nitrogens is 2. The second-order valence-electron chi connectivity index (χ2n) is 4.38. The van der Waals surface area contributed by atoms with Crippen molar-refractivity contribution in [3.05, 3.63) is 38.9 Å². The van der Waals surface area contributed by atoms with E-state index in [1.54, 1.807) is 6.92 Å². The number of allylic oxidation sites excluding steroid dienone is 3. The van der Waals surface area contributed by atoms with Gasteiger partial charge in [-0.05, 0) is 19.1 Å². The summed E-state index contributed by atoms with van der Waals surface area (Å²) in [5.74, 6) is -1.08. The van der Waals surface area contributed by atoms with E-state index < -0.39 is 11.5 Å². The fourth-order valence-electron chi connectivity index (χ4n) is 2.27. The van der Waals surface area contributed by atoms with Crippen molar-refractivity contribution in [2.45, 2.75) is 19.8 Å². The molecule has 2 heterocycles. The lowest BCUT2D eigenvalue weighted by molar-refractivity contribution is -0.746. The molecular weight excluding hydrogens is 264 g/mol. The highest BCUT2D eigenvalue weighted by molar-refractivity contribution is 5.96. The van der Waals surface area contributed by atoms with E-state index in [1.165, 1.54) is 18.7 Å². The Labute approximate surface area is 113 Å². The van der Waals surface area contributed by atoms with Gasteiger partial charge in [0, 0.05) is 0 Å². The lowest BCUT2D eigenvalue weighted by atomic mass is 9.84. The molecule has 0 spiro atoms. The van der Waals surface area contributed by atoms with Crippen molar-refractivity contribution >= 4 is 5.78 Å². The Morgan fingerprint density at radius 1 is 1.55 bits per heavy atom. The van der Waals surface area contributed by atoms with Crippen molar-refractivity contribution in [3.8, 4) is 6.07 Å². The highest BCUT2D eigenvalue weighted by Gasteiger charge is 2.42. The Hall–Kier alpha value is -2.82. The molecular formula is C12H13N4O4+. The van der Waals surface area contributed by atoms with Crippen molar-refractivity contribution in [1.82, 2.24) is 5.27 Å². The summed E-state index contributed by atoms with van der Waals surface area (Å²) in [5.41, 5.74) is 5.32. The Morgan fingerprint density at radius 2 is 2.20 bits per heavy atom. The summed E-state index contributed by atoms with van der Waals surface area (Å²) in [6.07, 6.45) is 0. The maximum Gasteiger partial charge on any atom is 0.430 e. The molecule has 1 unspecified atom stereocenters. The molecule has 0 amide bonds. The van der Waals surface area contributed by atoms with E-state index in [0.717, 1.165) is 0 Å². The van der Waals surface area contributed by atoms with Crippen LogP contribution in [0.2, 0.25) is 0 Å². The van der Waals surface area contributed by atoms with Crippen LogP contribution in [0.5, 0.6) is 0 Å². The van der Waals surface area contributed by atoms with E-state index in [4.69, 9.17) is 10.5 Å². The van der Waals surface area contributed by atoms with Crippen LogP contribution in [-0.4, -0.2) is 11.1 Å². The molecule has 1 aromatic rings. The first kappa shape index (κ1) is 13.6. The highest BCUT2D eigenvalue weighted by Crippen LogP contribution is 2.36. The third-order valence-corrected chi connectivity index (χ3v) is 3.10. The molecule has 2 rings (SSSR count). The molecule has 3 N–H and O–H groups in total. The lowest BCUT2D eigenvalue weighted by Gasteiger charge is -2.22. The second-order valence-corrected chi connectivity index (χ2v) is 4.38. The maximum atomic E-state index is 11.8. The number of rotatable bonds is 2. The van der Waals surface area contributed by atoms with E-state index >= 15 is 0 Å². The Bertz CT molecular complexity index is 744. The van der Waals surface area contributed by atoms with Crippen molar-refractivity contribution in [2.24, 2.45) is 12.8 Å². The molecule has 0 aliphatic carbocycles. The fourth-order valence-corrected chi connectivity index (χ4v) is 2.27. The van der Waals surface area contributed by atoms with Gasteiger partial charge in [-0.15, -0.1) is 0 Å². The van der Waals surface area contributed by atoms with Crippen LogP contribution >= 0.6 is 0 Å². The molecule has 8 heteroatoms. The van der Waals surface area contributed by atoms with Gasteiger partial charge >= 0.3 is 11.3 Å². The first-order valence-electron chi connectivity index (χ1n) is 5.75. The molecule has 1 aliphatic rings. The van der Waals surface area contributed by atoms with Crippen LogP contribution in [0.4, 0.5) is 0 Å². The minimum absolute atomic E-state index is 0.00306. The topological polar surface area (TPSA) is 126 Å². The summed E-state index contributed by atoms with van der Waals surface area (Å²) in [4.78, 5) is 23.7.